The van der Waals surface area contributed by atoms with Crippen LogP contribution in [0.5, 0.6) is 17.2 Å². The van der Waals surface area contributed by atoms with Gasteiger partial charge in [0, 0.05) is 23.6 Å². The third-order valence-electron chi connectivity index (χ3n) is 5.13. The first kappa shape index (κ1) is 26.6. The van der Waals surface area contributed by atoms with Crippen molar-refractivity contribution in [1.29, 1.82) is 0 Å². The predicted octanol–water partition coefficient (Wildman–Crippen LogP) is 4.60. The van der Waals surface area contributed by atoms with E-state index in [0.717, 1.165) is 10.9 Å². The number of alkyl halides is 3. The fourth-order valence-corrected chi connectivity index (χ4v) is 3.55. The number of aromatic nitrogens is 1. The molecule has 0 aliphatic carbocycles. The quantitative estimate of drug-likeness (QED) is 0.463. The smallest absolute Gasteiger partial charge is 0.490 e. The Morgan fingerprint density at radius 3 is 2.39 bits per heavy atom. The summed E-state index contributed by atoms with van der Waals surface area (Å²) in [6, 6.07) is 12.5. The van der Waals surface area contributed by atoms with E-state index in [4.69, 9.17) is 19.4 Å². The van der Waals surface area contributed by atoms with Crippen molar-refractivity contribution in [2.45, 2.75) is 32.5 Å². The minimum atomic E-state index is -5.08. The lowest BCUT2D eigenvalue weighted by atomic mass is 9.95. The van der Waals surface area contributed by atoms with Crippen molar-refractivity contribution in [2.24, 2.45) is 5.92 Å². The predicted molar refractivity (Wildman–Crippen MR) is 124 cm³/mol. The lowest BCUT2D eigenvalue weighted by Gasteiger charge is -2.24. The molecule has 1 atom stereocenters. The minimum absolute atomic E-state index is 0.0628. The van der Waals surface area contributed by atoms with Gasteiger partial charge in [-0.25, -0.2) is 4.79 Å². The van der Waals surface area contributed by atoms with Gasteiger partial charge in [0.25, 0.3) is 0 Å². The second-order valence-electron chi connectivity index (χ2n) is 8.38. The number of halogens is 3. The number of phenols is 1. The first-order chi connectivity index (χ1) is 17.0. The number of carboxylic acids is 1. The van der Waals surface area contributed by atoms with Crippen LogP contribution in [0.25, 0.3) is 10.9 Å². The highest BCUT2D eigenvalue weighted by molar-refractivity contribution is 5.86. The summed E-state index contributed by atoms with van der Waals surface area (Å²) < 4.78 is 43.1. The Hall–Kier alpha value is -4.02. The van der Waals surface area contributed by atoms with Crippen molar-refractivity contribution >= 4 is 22.8 Å². The van der Waals surface area contributed by atoms with Crippen LogP contribution in [0.2, 0.25) is 0 Å². The summed E-state index contributed by atoms with van der Waals surface area (Å²) in [6.07, 6.45) is -3.05. The largest absolute Gasteiger partial charge is 0.505 e. The molecule has 0 saturated heterocycles. The molecule has 4 rings (SSSR count). The van der Waals surface area contributed by atoms with Crippen molar-refractivity contribution in [3.05, 3.63) is 59.8 Å². The zero-order valence-electron chi connectivity index (χ0n) is 19.5. The molecule has 2 heterocycles. The normalized spacial score (nSPS) is 13.5. The van der Waals surface area contributed by atoms with E-state index in [1.54, 1.807) is 6.20 Å². The number of amides is 1. The molecule has 0 spiro atoms. The number of hydrogen-bond donors (Lipinski definition) is 3. The lowest BCUT2D eigenvalue weighted by molar-refractivity contribution is -0.192. The lowest BCUT2D eigenvalue weighted by Crippen LogP contribution is -2.30. The Morgan fingerprint density at radius 2 is 1.75 bits per heavy atom. The van der Waals surface area contributed by atoms with E-state index in [0.29, 0.717) is 42.2 Å². The van der Waals surface area contributed by atoms with Gasteiger partial charge in [0.1, 0.15) is 24.5 Å². The van der Waals surface area contributed by atoms with Gasteiger partial charge in [-0.3, -0.25) is 9.78 Å². The van der Waals surface area contributed by atoms with Crippen LogP contribution in [0, 0.1) is 5.92 Å². The molecule has 2 aromatic carbocycles. The summed E-state index contributed by atoms with van der Waals surface area (Å²) in [4.78, 5) is 25.8. The Bertz CT molecular complexity index is 1250. The zero-order chi connectivity index (χ0) is 26.5. The van der Waals surface area contributed by atoms with Crippen molar-refractivity contribution in [1.82, 2.24) is 10.3 Å². The first-order valence-electron chi connectivity index (χ1n) is 11.0. The molecule has 1 aliphatic rings. The Labute approximate surface area is 204 Å². The SMILES string of the molecule is CC(C)CC(=O)NC(c1ccc2c(c1)OCCO2)c1ccc2cccnc2c1O.O=C(O)C(F)(F)F. The molecule has 1 unspecified atom stereocenters. The number of phenolic OH excluding ortho intramolecular Hbond substituents is 1. The number of nitrogens with zero attached hydrogens (tertiary/aromatic N) is 1. The number of benzene rings is 2. The Kier molecular flexibility index (Phi) is 8.23. The van der Waals surface area contributed by atoms with Gasteiger partial charge < -0.3 is 25.0 Å². The van der Waals surface area contributed by atoms with E-state index in [-0.39, 0.29) is 17.6 Å². The van der Waals surface area contributed by atoms with Crippen LogP contribution in [0.3, 0.4) is 0 Å². The van der Waals surface area contributed by atoms with E-state index in [1.165, 1.54) is 0 Å². The van der Waals surface area contributed by atoms with E-state index in [9.17, 15) is 23.1 Å². The standard InChI is InChI=1S/C23H24N2O4.C2HF3O2/c1-14(2)12-20(26)25-21(16-6-8-18-19(13-16)29-11-10-28-18)17-7-5-15-4-3-9-24-22(15)23(17)27;3-2(4,5)1(6)7/h3-9,13-14,21,27H,10-12H2,1-2H3,(H,25,26);(H,6,7). The maximum Gasteiger partial charge on any atom is 0.490 e. The third kappa shape index (κ3) is 6.55. The third-order valence-corrected chi connectivity index (χ3v) is 5.13. The molecular weight excluding hydrogens is 481 g/mol. The highest BCUT2D eigenvalue weighted by Crippen LogP contribution is 2.38. The van der Waals surface area contributed by atoms with Gasteiger partial charge >= 0.3 is 12.1 Å². The van der Waals surface area contributed by atoms with Crippen LogP contribution in [-0.2, 0) is 9.59 Å². The summed E-state index contributed by atoms with van der Waals surface area (Å²) in [5, 5.41) is 22.0. The summed E-state index contributed by atoms with van der Waals surface area (Å²) in [5.41, 5.74) is 1.90. The average molecular weight is 506 g/mol. The number of nitrogens with one attached hydrogen (secondary N) is 1. The van der Waals surface area contributed by atoms with Crippen LogP contribution < -0.4 is 14.8 Å². The minimum Gasteiger partial charge on any atom is -0.505 e. The first-order valence-corrected chi connectivity index (χ1v) is 11.0. The maximum atomic E-state index is 12.6. The summed E-state index contributed by atoms with van der Waals surface area (Å²) >= 11 is 0. The Balaban J connectivity index is 0.000000454. The molecule has 3 N–H and O–H groups in total. The van der Waals surface area contributed by atoms with Gasteiger partial charge in [-0.1, -0.05) is 38.1 Å². The number of pyridine rings is 1. The van der Waals surface area contributed by atoms with Gasteiger partial charge in [-0.2, -0.15) is 13.2 Å². The molecule has 36 heavy (non-hydrogen) atoms. The van der Waals surface area contributed by atoms with Crippen molar-refractivity contribution < 1.29 is 42.4 Å². The summed E-state index contributed by atoms with van der Waals surface area (Å²) in [6.45, 7) is 4.98. The second kappa shape index (κ2) is 11.1. The number of rotatable bonds is 5. The van der Waals surface area contributed by atoms with Crippen molar-refractivity contribution in [2.75, 3.05) is 13.2 Å². The van der Waals surface area contributed by atoms with Crippen LogP contribution in [0.4, 0.5) is 13.2 Å². The molecule has 192 valence electrons. The maximum absolute atomic E-state index is 12.6. The highest BCUT2D eigenvalue weighted by atomic mass is 19.4. The van der Waals surface area contributed by atoms with Crippen LogP contribution >= 0.6 is 0 Å². The molecular formula is C25H25F3N2O6. The molecule has 1 aromatic heterocycles. The van der Waals surface area contributed by atoms with Gasteiger partial charge in [0.05, 0.1) is 6.04 Å². The van der Waals surface area contributed by atoms with Crippen LogP contribution in [-0.4, -0.2) is 46.5 Å². The summed E-state index contributed by atoms with van der Waals surface area (Å²) in [5.74, 6) is -1.24. The second-order valence-corrected chi connectivity index (χ2v) is 8.38. The van der Waals surface area contributed by atoms with Gasteiger partial charge in [-0.05, 0) is 29.7 Å². The monoisotopic (exact) mass is 506 g/mol. The average Bonchev–Trinajstić information content (AvgIpc) is 2.82. The van der Waals surface area contributed by atoms with Gasteiger partial charge in [0.15, 0.2) is 11.5 Å². The highest BCUT2D eigenvalue weighted by Gasteiger charge is 2.38. The van der Waals surface area contributed by atoms with E-state index >= 15 is 0 Å². The van der Waals surface area contributed by atoms with E-state index in [2.05, 4.69) is 10.3 Å². The number of ether oxygens (including phenoxy) is 2. The van der Waals surface area contributed by atoms with Crippen molar-refractivity contribution in [3.63, 3.8) is 0 Å². The summed E-state index contributed by atoms with van der Waals surface area (Å²) in [7, 11) is 0. The number of aromatic hydroxyl groups is 1. The fourth-order valence-electron chi connectivity index (χ4n) is 3.55. The van der Waals surface area contributed by atoms with Crippen molar-refractivity contribution in [3.8, 4) is 17.2 Å². The molecule has 3 aromatic rings. The van der Waals surface area contributed by atoms with Crippen LogP contribution in [0.1, 0.15) is 37.4 Å². The molecule has 1 aliphatic heterocycles. The molecule has 0 saturated carbocycles. The van der Waals surface area contributed by atoms with E-state index in [1.807, 2.05) is 56.3 Å². The van der Waals surface area contributed by atoms with E-state index < -0.39 is 18.2 Å². The molecule has 8 nitrogen and oxygen atoms in total. The zero-order valence-corrected chi connectivity index (χ0v) is 19.5. The molecule has 1 amide bonds. The van der Waals surface area contributed by atoms with Gasteiger partial charge in [-0.15, -0.1) is 0 Å². The number of hydrogen-bond acceptors (Lipinski definition) is 6. The topological polar surface area (TPSA) is 118 Å². The number of fused-ring (bicyclic) bond motifs is 2. The fraction of sp³-hybridized carbons (Fsp3) is 0.320. The number of carboxylic acid groups (broad SMARTS) is 1. The molecule has 0 radical (unpaired) electrons. The number of aliphatic carboxylic acids is 1. The van der Waals surface area contributed by atoms with Gasteiger partial charge in [0.2, 0.25) is 5.91 Å². The number of carbonyl (C=O) groups is 2. The van der Waals surface area contributed by atoms with Crippen LogP contribution in [0.15, 0.2) is 48.7 Å². The Morgan fingerprint density at radius 1 is 1.08 bits per heavy atom. The molecule has 0 fully saturated rings. The molecule has 0 bridgehead atoms. The molecule has 11 heteroatoms. The number of carbonyl (C=O) groups excluding carboxylic acids is 1.